The monoisotopic (exact) mass is 440 g/mol. The van der Waals surface area contributed by atoms with E-state index >= 15 is 0 Å². The van der Waals surface area contributed by atoms with Gasteiger partial charge >= 0.3 is 6.09 Å². The molecule has 0 saturated carbocycles. The molecule has 1 aliphatic rings. The SMILES string of the molecule is CNCCN(C=N)c1ccc(-c2ccc(N3C[C@H](CN=CC=NN)OC3=O)cc2F)cn1. The van der Waals surface area contributed by atoms with Crippen LogP contribution in [0.3, 0.4) is 0 Å². The molecule has 1 aromatic heterocycles. The number of benzene rings is 1. The number of amides is 1. The number of aromatic nitrogens is 1. The molecular formula is C21H25FN8O2. The molecule has 0 bridgehead atoms. The number of ether oxygens (including phenoxy) is 1. The topological polar surface area (TPSA) is 132 Å². The Bertz CT molecular complexity index is 996. The molecular weight excluding hydrogens is 415 g/mol. The van der Waals surface area contributed by atoms with Gasteiger partial charge in [-0.2, -0.15) is 5.10 Å². The molecule has 1 atom stereocenters. The summed E-state index contributed by atoms with van der Waals surface area (Å²) in [4.78, 5) is 23.7. The van der Waals surface area contributed by atoms with Crippen molar-refractivity contribution >= 4 is 36.4 Å². The van der Waals surface area contributed by atoms with Crippen LogP contribution in [0.5, 0.6) is 0 Å². The van der Waals surface area contributed by atoms with Crippen molar-refractivity contribution in [2.45, 2.75) is 6.10 Å². The third kappa shape index (κ3) is 5.43. The van der Waals surface area contributed by atoms with Gasteiger partial charge in [0.1, 0.15) is 17.7 Å². The Hall–Kier alpha value is -3.86. The second kappa shape index (κ2) is 11.0. The first kappa shape index (κ1) is 22.8. The van der Waals surface area contributed by atoms with Crippen LogP contribution in [0.2, 0.25) is 0 Å². The van der Waals surface area contributed by atoms with Crippen LogP contribution in [-0.2, 0) is 4.74 Å². The van der Waals surface area contributed by atoms with Gasteiger partial charge in [-0.25, -0.2) is 14.2 Å². The maximum absolute atomic E-state index is 14.9. The number of hydrogen-bond donors (Lipinski definition) is 3. The van der Waals surface area contributed by atoms with Crippen molar-refractivity contribution in [3.05, 3.63) is 42.3 Å². The maximum atomic E-state index is 14.9. The van der Waals surface area contributed by atoms with Crippen molar-refractivity contribution in [2.24, 2.45) is 15.9 Å². The molecule has 1 aliphatic heterocycles. The lowest BCUT2D eigenvalue weighted by Gasteiger charge is -2.18. The van der Waals surface area contributed by atoms with E-state index in [9.17, 15) is 9.18 Å². The fraction of sp³-hybridized carbons (Fsp3) is 0.286. The highest BCUT2D eigenvalue weighted by Gasteiger charge is 2.32. The minimum atomic E-state index is -0.552. The van der Waals surface area contributed by atoms with Crippen molar-refractivity contribution in [1.29, 1.82) is 5.41 Å². The highest BCUT2D eigenvalue weighted by atomic mass is 19.1. The fourth-order valence-corrected chi connectivity index (χ4v) is 3.19. The summed E-state index contributed by atoms with van der Waals surface area (Å²) in [5.41, 5.74) is 1.35. The van der Waals surface area contributed by atoms with E-state index in [4.69, 9.17) is 16.0 Å². The Kier molecular flexibility index (Phi) is 7.81. The zero-order valence-corrected chi connectivity index (χ0v) is 17.6. The second-order valence-electron chi connectivity index (χ2n) is 6.92. The zero-order valence-electron chi connectivity index (χ0n) is 17.6. The van der Waals surface area contributed by atoms with Crippen LogP contribution in [0, 0.1) is 11.2 Å². The van der Waals surface area contributed by atoms with E-state index in [2.05, 4.69) is 20.4 Å². The van der Waals surface area contributed by atoms with E-state index in [0.717, 1.165) is 0 Å². The van der Waals surface area contributed by atoms with Gasteiger partial charge in [-0.1, -0.05) is 0 Å². The molecule has 1 aromatic carbocycles. The molecule has 0 radical (unpaired) electrons. The number of carbonyl (C=O) groups is 1. The Labute approximate surface area is 185 Å². The number of rotatable bonds is 10. The van der Waals surface area contributed by atoms with Gasteiger partial charge in [-0.15, -0.1) is 0 Å². The standard InChI is InChI=1S/C21H25FN8O2/c1-25-8-9-29(14-23)20-5-2-15(11-27-20)18-4-3-16(10-19(18)22)30-13-17(32-21(30)31)12-26-6-7-28-24/h2-7,10-11,14,17,23,25H,8-9,12-13,24H2,1H3/t17-/m0/s1. The van der Waals surface area contributed by atoms with Gasteiger partial charge in [-0.05, 0) is 37.4 Å². The van der Waals surface area contributed by atoms with Gasteiger partial charge in [0, 0.05) is 36.6 Å². The van der Waals surface area contributed by atoms with Gasteiger partial charge in [-0.3, -0.25) is 15.3 Å². The van der Waals surface area contributed by atoms with Gasteiger partial charge in [0.05, 0.1) is 31.3 Å². The minimum Gasteiger partial charge on any atom is -0.442 e. The lowest BCUT2D eigenvalue weighted by Crippen LogP contribution is -2.29. The molecule has 0 unspecified atom stereocenters. The first-order chi connectivity index (χ1) is 15.6. The molecule has 1 amide bonds. The number of hydrazone groups is 1. The summed E-state index contributed by atoms with van der Waals surface area (Å²) in [6.45, 7) is 1.81. The predicted molar refractivity (Wildman–Crippen MR) is 123 cm³/mol. The number of nitrogens with zero attached hydrogens (tertiary/aromatic N) is 5. The Morgan fingerprint density at radius 3 is 2.91 bits per heavy atom. The number of nitrogens with two attached hydrogens (primary N) is 1. The number of pyridine rings is 1. The summed E-state index contributed by atoms with van der Waals surface area (Å²) < 4.78 is 20.2. The van der Waals surface area contributed by atoms with E-state index in [0.29, 0.717) is 35.7 Å². The zero-order chi connectivity index (χ0) is 22.9. The quantitative estimate of drug-likeness (QED) is 0.224. The summed E-state index contributed by atoms with van der Waals surface area (Å²) in [7, 11) is 1.83. The lowest BCUT2D eigenvalue weighted by atomic mass is 10.1. The first-order valence-electron chi connectivity index (χ1n) is 9.95. The number of aliphatic imine (C=N–C) groups is 1. The van der Waals surface area contributed by atoms with Crippen molar-refractivity contribution in [1.82, 2.24) is 10.3 Å². The van der Waals surface area contributed by atoms with E-state index in [1.807, 2.05) is 7.05 Å². The van der Waals surface area contributed by atoms with Crippen molar-refractivity contribution in [2.75, 3.05) is 43.0 Å². The molecule has 0 aliphatic carbocycles. The smallest absolute Gasteiger partial charge is 0.414 e. The molecule has 2 aromatic rings. The van der Waals surface area contributed by atoms with Crippen LogP contribution in [0.4, 0.5) is 20.7 Å². The Balaban J connectivity index is 1.71. The fourth-order valence-electron chi connectivity index (χ4n) is 3.19. The lowest BCUT2D eigenvalue weighted by molar-refractivity contribution is 0.145. The summed E-state index contributed by atoms with van der Waals surface area (Å²) >= 11 is 0. The summed E-state index contributed by atoms with van der Waals surface area (Å²) in [5, 5.41) is 13.8. The van der Waals surface area contributed by atoms with Gasteiger partial charge in [0.25, 0.3) is 0 Å². The molecule has 10 nitrogen and oxygen atoms in total. The van der Waals surface area contributed by atoms with Crippen LogP contribution >= 0.6 is 0 Å². The van der Waals surface area contributed by atoms with Gasteiger partial charge < -0.3 is 20.8 Å². The van der Waals surface area contributed by atoms with Gasteiger partial charge in [0.2, 0.25) is 0 Å². The minimum absolute atomic E-state index is 0.258. The maximum Gasteiger partial charge on any atom is 0.414 e. The second-order valence-corrected chi connectivity index (χ2v) is 6.92. The highest BCUT2D eigenvalue weighted by molar-refractivity contribution is 6.15. The third-order valence-electron chi connectivity index (χ3n) is 4.82. The van der Waals surface area contributed by atoms with E-state index < -0.39 is 18.0 Å². The summed E-state index contributed by atoms with van der Waals surface area (Å²) in [6.07, 6.45) is 4.52. The van der Waals surface area contributed by atoms with Crippen LogP contribution in [0.1, 0.15) is 0 Å². The Morgan fingerprint density at radius 1 is 1.41 bits per heavy atom. The van der Waals surface area contributed by atoms with Crippen molar-refractivity contribution in [3.63, 3.8) is 0 Å². The summed E-state index contributed by atoms with van der Waals surface area (Å²) in [6, 6.07) is 8.05. The molecule has 32 heavy (non-hydrogen) atoms. The third-order valence-corrected chi connectivity index (χ3v) is 4.82. The molecule has 4 N–H and O–H groups in total. The number of carbonyl (C=O) groups excluding carboxylic acids is 1. The number of halogens is 1. The van der Waals surface area contributed by atoms with Crippen molar-refractivity contribution in [3.8, 4) is 11.1 Å². The number of anilines is 2. The molecule has 0 spiro atoms. The number of nitrogens with one attached hydrogen (secondary N) is 2. The predicted octanol–water partition coefficient (Wildman–Crippen LogP) is 1.86. The highest BCUT2D eigenvalue weighted by Crippen LogP contribution is 2.29. The average Bonchev–Trinajstić information content (AvgIpc) is 3.18. The molecule has 1 fully saturated rings. The molecule has 168 valence electrons. The molecule has 1 saturated heterocycles. The summed E-state index contributed by atoms with van der Waals surface area (Å²) in [5.74, 6) is 5.10. The molecule has 2 heterocycles. The largest absolute Gasteiger partial charge is 0.442 e. The molecule has 3 rings (SSSR count). The van der Waals surface area contributed by atoms with E-state index in [1.54, 1.807) is 35.4 Å². The average molecular weight is 440 g/mol. The van der Waals surface area contributed by atoms with Gasteiger partial charge in [0.15, 0.2) is 0 Å². The number of likely N-dealkylation sites (N-methyl/N-ethyl adjacent to an activating group) is 1. The number of hydrogen-bond acceptors (Lipinski definition) is 8. The Morgan fingerprint density at radius 2 is 2.25 bits per heavy atom. The van der Waals surface area contributed by atoms with Crippen LogP contribution in [0.15, 0.2) is 46.6 Å². The van der Waals surface area contributed by atoms with E-state index in [1.165, 1.54) is 29.7 Å². The van der Waals surface area contributed by atoms with E-state index in [-0.39, 0.29) is 13.1 Å². The van der Waals surface area contributed by atoms with Crippen molar-refractivity contribution < 1.29 is 13.9 Å². The molecule has 11 heteroatoms. The van der Waals surface area contributed by atoms with Crippen LogP contribution in [0.25, 0.3) is 11.1 Å². The number of cyclic esters (lactones) is 1. The van der Waals surface area contributed by atoms with Crippen LogP contribution in [-0.4, -0.2) is 69.2 Å². The first-order valence-corrected chi connectivity index (χ1v) is 9.95. The van der Waals surface area contributed by atoms with Crippen LogP contribution < -0.4 is 21.0 Å². The normalized spacial score (nSPS) is 16.1.